The average molecular weight is 359 g/mol. The fraction of sp³-hybridized carbons (Fsp3) is 0.214. The molecule has 1 heterocycles. The third-order valence-corrected chi connectivity index (χ3v) is 3.70. The average Bonchev–Trinajstić information content (AvgIpc) is 2.83. The maximum atomic E-state index is 12.8. The number of nitrogen functional groups attached to an aromatic ring is 1. The van der Waals surface area contributed by atoms with E-state index in [0.717, 1.165) is 23.7 Å². The Kier molecular flexibility index (Phi) is 5.07. The number of aryl methyl sites for hydroxylation is 1. The van der Waals surface area contributed by atoms with Crippen molar-refractivity contribution < 1.29 is 27.5 Å². The summed E-state index contributed by atoms with van der Waals surface area (Å²) in [6.45, 7) is 0.794. The Bertz CT molecular complexity index is 755. The number of benzene rings is 1. The van der Waals surface area contributed by atoms with Gasteiger partial charge in [-0.15, -0.1) is 0 Å². The van der Waals surface area contributed by atoms with Gasteiger partial charge in [-0.05, 0) is 30.6 Å². The molecule has 0 bridgehead atoms. The highest BCUT2D eigenvalue weighted by atomic mass is 32.1. The molecule has 0 radical (unpaired) electrons. The SMILES string of the molecule is Cc1nsc(N)c1C(=O)OCC(=O)Nc1ccccc1C(F)(F)F. The minimum absolute atomic E-state index is 0.0449. The number of carbonyl (C=O) groups excluding carboxylic acids is 2. The quantitative estimate of drug-likeness (QED) is 0.819. The molecule has 2 aromatic rings. The Balaban J connectivity index is 2.01. The van der Waals surface area contributed by atoms with E-state index in [4.69, 9.17) is 10.5 Å². The number of nitrogens with one attached hydrogen (secondary N) is 1. The normalized spacial score (nSPS) is 11.2. The smallest absolute Gasteiger partial charge is 0.418 e. The van der Waals surface area contributed by atoms with E-state index in [0.29, 0.717) is 5.69 Å². The number of hydrogen-bond acceptors (Lipinski definition) is 6. The Labute approximate surface area is 138 Å². The van der Waals surface area contributed by atoms with Gasteiger partial charge in [0.05, 0.1) is 16.9 Å². The third-order valence-electron chi connectivity index (χ3n) is 2.93. The van der Waals surface area contributed by atoms with Crippen molar-refractivity contribution >= 4 is 34.1 Å². The Morgan fingerprint density at radius 2 is 2.00 bits per heavy atom. The van der Waals surface area contributed by atoms with Crippen molar-refractivity contribution in [3.63, 3.8) is 0 Å². The highest BCUT2D eigenvalue weighted by Gasteiger charge is 2.33. The van der Waals surface area contributed by atoms with Crippen LogP contribution in [-0.4, -0.2) is 22.9 Å². The number of para-hydroxylation sites is 1. The molecular formula is C14H12F3N3O3S. The number of esters is 1. The van der Waals surface area contributed by atoms with Gasteiger partial charge in [-0.2, -0.15) is 17.5 Å². The number of nitrogens with zero attached hydrogens (tertiary/aromatic N) is 1. The van der Waals surface area contributed by atoms with Crippen molar-refractivity contribution in [1.82, 2.24) is 4.37 Å². The van der Waals surface area contributed by atoms with Gasteiger partial charge in [0.25, 0.3) is 5.91 Å². The lowest BCUT2D eigenvalue weighted by Gasteiger charge is -2.13. The van der Waals surface area contributed by atoms with E-state index in [1.807, 2.05) is 0 Å². The molecule has 0 aliphatic carbocycles. The Morgan fingerprint density at radius 3 is 2.58 bits per heavy atom. The zero-order valence-corrected chi connectivity index (χ0v) is 13.1. The van der Waals surface area contributed by atoms with Crippen LogP contribution in [0.1, 0.15) is 21.6 Å². The van der Waals surface area contributed by atoms with Crippen molar-refractivity contribution in [2.45, 2.75) is 13.1 Å². The molecule has 3 N–H and O–H groups in total. The number of rotatable bonds is 4. The summed E-state index contributed by atoms with van der Waals surface area (Å²) < 4.78 is 47.1. The van der Waals surface area contributed by atoms with Crippen LogP contribution >= 0.6 is 11.5 Å². The first-order valence-corrected chi connectivity index (χ1v) is 7.32. The zero-order valence-electron chi connectivity index (χ0n) is 12.3. The van der Waals surface area contributed by atoms with Gasteiger partial charge in [-0.3, -0.25) is 4.79 Å². The number of nitrogens with two attached hydrogens (primary N) is 1. The molecule has 10 heteroatoms. The summed E-state index contributed by atoms with van der Waals surface area (Å²) in [6.07, 6.45) is -4.62. The summed E-state index contributed by atoms with van der Waals surface area (Å²) in [5.41, 5.74) is 4.56. The summed E-state index contributed by atoms with van der Waals surface area (Å²) >= 11 is 0.902. The molecule has 0 aliphatic rings. The maximum absolute atomic E-state index is 12.8. The van der Waals surface area contributed by atoms with Gasteiger partial charge in [0, 0.05) is 0 Å². The van der Waals surface area contributed by atoms with Crippen molar-refractivity contribution in [3.8, 4) is 0 Å². The van der Waals surface area contributed by atoms with Gasteiger partial charge in [0.1, 0.15) is 10.6 Å². The van der Waals surface area contributed by atoms with Crippen LogP contribution in [0.2, 0.25) is 0 Å². The Morgan fingerprint density at radius 1 is 1.33 bits per heavy atom. The standard InChI is InChI=1S/C14H12F3N3O3S/c1-7-11(12(18)24-20-7)13(22)23-6-10(21)19-9-5-3-2-4-8(9)14(15,16)17/h2-5H,6,18H2,1H3,(H,19,21). The third kappa shape index (κ3) is 4.02. The summed E-state index contributed by atoms with van der Waals surface area (Å²) in [5.74, 6) is -1.77. The molecule has 1 amide bonds. The molecule has 0 unspecified atom stereocenters. The van der Waals surface area contributed by atoms with Crippen LogP contribution in [0, 0.1) is 6.92 Å². The molecule has 2 rings (SSSR count). The Hall–Kier alpha value is -2.62. The van der Waals surface area contributed by atoms with E-state index in [1.165, 1.54) is 12.1 Å². The van der Waals surface area contributed by atoms with Gasteiger partial charge in [0.15, 0.2) is 6.61 Å². The molecule has 6 nitrogen and oxygen atoms in total. The van der Waals surface area contributed by atoms with E-state index in [-0.39, 0.29) is 10.6 Å². The molecule has 0 aliphatic heterocycles. The van der Waals surface area contributed by atoms with Crippen LogP contribution in [-0.2, 0) is 15.7 Å². The second kappa shape index (κ2) is 6.87. The second-order valence-corrected chi connectivity index (χ2v) is 5.48. The van der Waals surface area contributed by atoms with Crippen LogP contribution in [0.4, 0.5) is 23.9 Å². The minimum atomic E-state index is -4.62. The van der Waals surface area contributed by atoms with Gasteiger partial charge in [-0.25, -0.2) is 4.79 Å². The first-order valence-electron chi connectivity index (χ1n) is 6.55. The van der Waals surface area contributed by atoms with Crippen molar-refractivity contribution in [3.05, 3.63) is 41.1 Å². The highest BCUT2D eigenvalue weighted by molar-refractivity contribution is 7.10. The number of ether oxygens (including phenoxy) is 1. The molecule has 24 heavy (non-hydrogen) atoms. The fourth-order valence-electron chi connectivity index (χ4n) is 1.86. The van der Waals surface area contributed by atoms with Gasteiger partial charge in [-0.1, -0.05) is 12.1 Å². The van der Waals surface area contributed by atoms with Crippen LogP contribution < -0.4 is 11.1 Å². The molecule has 0 saturated heterocycles. The molecule has 0 atom stereocenters. The molecule has 1 aromatic carbocycles. The van der Waals surface area contributed by atoms with Gasteiger partial charge >= 0.3 is 12.1 Å². The number of amides is 1. The van der Waals surface area contributed by atoms with Crippen molar-refractivity contribution in [2.24, 2.45) is 0 Å². The molecule has 0 spiro atoms. The van der Waals surface area contributed by atoms with E-state index >= 15 is 0 Å². The zero-order chi connectivity index (χ0) is 17.9. The maximum Gasteiger partial charge on any atom is 0.418 e. The fourth-order valence-corrected chi connectivity index (χ4v) is 2.51. The van der Waals surface area contributed by atoms with Crippen LogP contribution in [0.5, 0.6) is 0 Å². The van der Waals surface area contributed by atoms with Crippen molar-refractivity contribution in [2.75, 3.05) is 17.7 Å². The summed E-state index contributed by atoms with van der Waals surface area (Å²) in [7, 11) is 0. The number of alkyl halides is 3. The first kappa shape index (κ1) is 17.7. The molecule has 0 saturated carbocycles. The second-order valence-electron chi connectivity index (χ2n) is 4.67. The van der Waals surface area contributed by atoms with E-state index in [2.05, 4.69) is 9.69 Å². The minimum Gasteiger partial charge on any atom is -0.452 e. The van der Waals surface area contributed by atoms with Crippen LogP contribution in [0.15, 0.2) is 24.3 Å². The van der Waals surface area contributed by atoms with E-state index < -0.39 is 35.9 Å². The van der Waals surface area contributed by atoms with E-state index in [9.17, 15) is 22.8 Å². The van der Waals surface area contributed by atoms with Crippen LogP contribution in [0.3, 0.4) is 0 Å². The summed E-state index contributed by atoms with van der Waals surface area (Å²) in [6, 6.07) is 4.49. The first-order chi connectivity index (χ1) is 11.2. The number of anilines is 2. The van der Waals surface area contributed by atoms with Crippen molar-refractivity contribution in [1.29, 1.82) is 0 Å². The number of carbonyl (C=O) groups is 2. The number of halogens is 3. The lowest BCUT2D eigenvalue weighted by Crippen LogP contribution is -2.23. The summed E-state index contributed by atoms with van der Waals surface area (Å²) in [4.78, 5) is 23.6. The van der Waals surface area contributed by atoms with Gasteiger partial charge in [0.2, 0.25) is 0 Å². The number of aromatic nitrogens is 1. The molecule has 0 fully saturated rings. The lowest BCUT2D eigenvalue weighted by atomic mass is 10.1. The molecule has 128 valence electrons. The number of hydrogen-bond donors (Lipinski definition) is 2. The highest BCUT2D eigenvalue weighted by Crippen LogP contribution is 2.34. The monoisotopic (exact) mass is 359 g/mol. The van der Waals surface area contributed by atoms with E-state index in [1.54, 1.807) is 6.92 Å². The topological polar surface area (TPSA) is 94.3 Å². The largest absolute Gasteiger partial charge is 0.452 e. The van der Waals surface area contributed by atoms with Gasteiger partial charge < -0.3 is 15.8 Å². The summed E-state index contributed by atoms with van der Waals surface area (Å²) in [5, 5.41) is 2.21. The molecular weight excluding hydrogens is 347 g/mol. The molecule has 1 aromatic heterocycles. The predicted octanol–water partition coefficient (Wildman–Crippen LogP) is 2.85. The predicted molar refractivity (Wildman–Crippen MR) is 81.6 cm³/mol. The lowest BCUT2D eigenvalue weighted by molar-refractivity contribution is -0.137. The van der Waals surface area contributed by atoms with Crippen LogP contribution in [0.25, 0.3) is 0 Å².